The van der Waals surface area contributed by atoms with Gasteiger partial charge in [0.15, 0.2) is 4.88 Å². The van der Waals surface area contributed by atoms with Gasteiger partial charge in [0.05, 0.1) is 17.2 Å². The lowest BCUT2D eigenvalue weighted by Gasteiger charge is -2.06. The summed E-state index contributed by atoms with van der Waals surface area (Å²) in [7, 11) is 0. The van der Waals surface area contributed by atoms with Crippen LogP contribution in [0.5, 0.6) is 5.75 Å². The number of rotatable bonds is 8. The molecule has 0 spiro atoms. The molecule has 4 aromatic rings. The maximum Gasteiger partial charge on any atom is 0.349 e. The van der Waals surface area contributed by atoms with Crippen LogP contribution in [0.1, 0.15) is 33.5 Å². The SMILES string of the molecule is CCOc1cc(-c2cc(NCCc3c(C)oc4c(C)cc(F)cc34)ncn2)sc1C(=O)O. The highest BCUT2D eigenvalue weighted by Crippen LogP contribution is 2.36. The minimum Gasteiger partial charge on any atom is -0.492 e. The number of aryl methyl sites for hydroxylation is 2. The van der Waals surface area contributed by atoms with Gasteiger partial charge in [-0.05, 0) is 44.9 Å². The van der Waals surface area contributed by atoms with Crippen molar-refractivity contribution in [2.75, 3.05) is 18.5 Å². The number of halogens is 1. The summed E-state index contributed by atoms with van der Waals surface area (Å²) in [5.41, 5.74) is 3.03. The zero-order valence-corrected chi connectivity index (χ0v) is 18.7. The number of ether oxygens (including phenoxy) is 1. The van der Waals surface area contributed by atoms with Crippen LogP contribution in [0.3, 0.4) is 0 Å². The molecule has 0 saturated heterocycles. The highest BCUT2D eigenvalue weighted by molar-refractivity contribution is 7.17. The summed E-state index contributed by atoms with van der Waals surface area (Å²) in [5, 5.41) is 13.4. The number of aromatic carboxylic acids is 1. The van der Waals surface area contributed by atoms with Crippen molar-refractivity contribution in [2.24, 2.45) is 0 Å². The largest absolute Gasteiger partial charge is 0.492 e. The number of fused-ring (bicyclic) bond motifs is 1. The lowest BCUT2D eigenvalue weighted by Crippen LogP contribution is -2.07. The number of carboxylic acids is 1. The molecule has 0 radical (unpaired) electrons. The van der Waals surface area contributed by atoms with Crippen molar-refractivity contribution in [2.45, 2.75) is 27.2 Å². The van der Waals surface area contributed by atoms with Crippen molar-refractivity contribution >= 4 is 34.1 Å². The highest BCUT2D eigenvalue weighted by Gasteiger charge is 2.19. The number of hydrogen-bond acceptors (Lipinski definition) is 7. The number of furan rings is 1. The Balaban J connectivity index is 1.51. The van der Waals surface area contributed by atoms with Gasteiger partial charge in [-0.2, -0.15) is 0 Å². The monoisotopic (exact) mass is 455 g/mol. The molecule has 1 aromatic carbocycles. The van der Waals surface area contributed by atoms with Gasteiger partial charge in [-0.1, -0.05) is 0 Å². The zero-order chi connectivity index (χ0) is 22.8. The van der Waals surface area contributed by atoms with E-state index in [4.69, 9.17) is 9.15 Å². The summed E-state index contributed by atoms with van der Waals surface area (Å²) in [5.74, 6) is 0.381. The number of nitrogens with one attached hydrogen (secondary N) is 1. The Morgan fingerprint density at radius 1 is 1.25 bits per heavy atom. The Morgan fingerprint density at radius 3 is 2.81 bits per heavy atom. The molecule has 0 atom stereocenters. The summed E-state index contributed by atoms with van der Waals surface area (Å²) in [4.78, 5) is 20.8. The van der Waals surface area contributed by atoms with Gasteiger partial charge in [0.2, 0.25) is 0 Å². The summed E-state index contributed by atoms with van der Waals surface area (Å²) in [6.45, 7) is 6.43. The molecule has 166 valence electrons. The number of benzene rings is 1. The second-order valence-electron chi connectivity index (χ2n) is 7.24. The van der Waals surface area contributed by atoms with E-state index in [-0.39, 0.29) is 10.7 Å². The van der Waals surface area contributed by atoms with E-state index in [9.17, 15) is 14.3 Å². The molecule has 32 heavy (non-hydrogen) atoms. The summed E-state index contributed by atoms with van der Waals surface area (Å²) in [6, 6.07) is 6.41. The standard InChI is InChI=1S/C23H22FN3O4S/c1-4-30-18-10-19(32-22(18)23(28)29)17-9-20(27-11-26-17)25-6-5-15-13(3)31-21-12(2)7-14(24)8-16(15)21/h7-11H,4-6H2,1-3H3,(H,28,29)(H,25,26,27). The fourth-order valence-corrected chi connectivity index (χ4v) is 4.53. The molecule has 0 aliphatic carbocycles. The summed E-state index contributed by atoms with van der Waals surface area (Å²) in [6.07, 6.45) is 2.05. The van der Waals surface area contributed by atoms with Gasteiger partial charge >= 0.3 is 5.97 Å². The van der Waals surface area contributed by atoms with Gasteiger partial charge in [0, 0.05) is 29.6 Å². The fraction of sp³-hybridized carbons (Fsp3) is 0.261. The number of hydrogen-bond donors (Lipinski definition) is 2. The molecule has 0 saturated carbocycles. The summed E-state index contributed by atoms with van der Waals surface area (Å²) >= 11 is 1.11. The molecule has 7 nitrogen and oxygen atoms in total. The van der Waals surface area contributed by atoms with Crippen LogP contribution in [0.2, 0.25) is 0 Å². The fourth-order valence-electron chi connectivity index (χ4n) is 3.62. The first-order valence-electron chi connectivity index (χ1n) is 10.1. The van der Waals surface area contributed by atoms with Crippen molar-refractivity contribution in [3.8, 4) is 16.3 Å². The van der Waals surface area contributed by atoms with E-state index >= 15 is 0 Å². The Kier molecular flexibility index (Phi) is 6.09. The minimum absolute atomic E-state index is 0.139. The first kappa shape index (κ1) is 21.8. The number of nitrogens with zero attached hydrogens (tertiary/aromatic N) is 2. The van der Waals surface area contributed by atoms with Crippen LogP contribution in [0.4, 0.5) is 10.2 Å². The number of anilines is 1. The molecule has 0 unspecified atom stereocenters. The maximum atomic E-state index is 13.9. The zero-order valence-electron chi connectivity index (χ0n) is 17.9. The molecular weight excluding hydrogens is 433 g/mol. The average molecular weight is 456 g/mol. The molecule has 0 aliphatic heterocycles. The van der Waals surface area contributed by atoms with Crippen molar-refractivity contribution in [3.63, 3.8) is 0 Å². The van der Waals surface area contributed by atoms with E-state index in [0.717, 1.165) is 33.6 Å². The predicted octanol–water partition coefficient (Wildman–Crippen LogP) is 5.46. The van der Waals surface area contributed by atoms with Crippen molar-refractivity contribution < 1.29 is 23.4 Å². The molecule has 2 N–H and O–H groups in total. The quantitative estimate of drug-likeness (QED) is 0.364. The first-order chi connectivity index (χ1) is 15.4. The molecule has 0 amide bonds. The Bertz CT molecular complexity index is 1300. The predicted molar refractivity (Wildman–Crippen MR) is 121 cm³/mol. The molecule has 0 aliphatic rings. The van der Waals surface area contributed by atoms with Crippen LogP contribution < -0.4 is 10.1 Å². The normalized spacial score (nSPS) is 11.1. The van der Waals surface area contributed by atoms with Gasteiger partial charge < -0.3 is 19.6 Å². The Morgan fingerprint density at radius 2 is 2.06 bits per heavy atom. The topological polar surface area (TPSA) is 97.5 Å². The van der Waals surface area contributed by atoms with E-state index in [1.165, 1.54) is 18.5 Å². The third-order valence-corrected chi connectivity index (χ3v) is 6.16. The lowest BCUT2D eigenvalue weighted by atomic mass is 10.1. The van der Waals surface area contributed by atoms with Crippen LogP contribution in [0.15, 0.2) is 35.0 Å². The maximum absolute atomic E-state index is 13.9. The van der Waals surface area contributed by atoms with Crippen LogP contribution in [0.25, 0.3) is 21.5 Å². The van der Waals surface area contributed by atoms with Gasteiger partial charge in [0.25, 0.3) is 0 Å². The number of thiophene rings is 1. The second-order valence-corrected chi connectivity index (χ2v) is 8.30. The molecule has 0 bridgehead atoms. The van der Waals surface area contributed by atoms with Crippen molar-refractivity contribution in [3.05, 3.63) is 58.2 Å². The lowest BCUT2D eigenvalue weighted by molar-refractivity contribution is 0.0698. The van der Waals surface area contributed by atoms with Crippen LogP contribution in [-0.4, -0.2) is 34.2 Å². The van der Waals surface area contributed by atoms with E-state index in [1.54, 1.807) is 19.1 Å². The van der Waals surface area contributed by atoms with Crippen LogP contribution >= 0.6 is 11.3 Å². The van der Waals surface area contributed by atoms with Gasteiger partial charge in [-0.15, -0.1) is 11.3 Å². The van der Waals surface area contributed by atoms with Gasteiger partial charge in [-0.3, -0.25) is 0 Å². The van der Waals surface area contributed by atoms with Crippen LogP contribution in [0, 0.1) is 19.7 Å². The second kappa shape index (κ2) is 8.96. The van der Waals surface area contributed by atoms with Gasteiger partial charge in [-0.25, -0.2) is 19.2 Å². The highest BCUT2D eigenvalue weighted by atomic mass is 32.1. The first-order valence-corrected chi connectivity index (χ1v) is 10.9. The molecular formula is C23H22FN3O4S. The third-order valence-electron chi connectivity index (χ3n) is 5.04. The molecule has 0 fully saturated rings. The average Bonchev–Trinajstić information content (AvgIpc) is 3.31. The minimum atomic E-state index is -1.04. The van der Waals surface area contributed by atoms with E-state index in [2.05, 4.69) is 15.3 Å². The van der Waals surface area contributed by atoms with E-state index in [0.29, 0.717) is 47.3 Å². The number of carbonyl (C=O) groups is 1. The molecule has 4 rings (SSSR count). The van der Waals surface area contributed by atoms with E-state index in [1.807, 2.05) is 13.8 Å². The Labute approximate surface area is 187 Å². The molecule has 3 heterocycles. The van der Waals surface area contributed by atoms with Crippen LogP contribution in [-0.2, 0) is 6.42 Å². The van der Waals surface area contributed by atoms with Gasteiger partial charge in [0.1, 0.15) is 35.1 Å². The summed E-state index contributed by atoms with van der Waals surface area (Å²) < 4.78 is 25.2. The van der Waals surface area contributed by atoms with Crippen molar-refractivity contribution in [1.82, 2.24) is 9.97 Å². The number of aromatic nitrogens is 2. The smallest absolute Gasteiger partial charge is 0.349 e. The number of carboxylic acid groups (broad SMARTS) is 1. The Hall–Kier alpha value is -3.46. The molecule has 9 heteroatoms. The third kappa shape index (κ3) is 4.29. The molecule has 3 aromatic heterocycles. The van der Waals surface area contributed by atoms with E-state index < -0.39 is 5.97 Å². The van der Waals surface area contributed by atoms with Crippen molar-refractivity contribution in [1.29, 1.82) is 0 Å².